The average Bonchev–Trinajstić information content (AvgIpc) is 2.44. The highest BCUT2D eigenvalue weighted by Gasteiger charge is 2.25. The van der Waals surface area contributed by atoms with E-state index in [-0.39, 0.29) is 5.82 Å². The normalized spacial score (nSPS) is 14.0. The third kappa shape index (κ3) is 3.81. The summed E-state index contributed by atoms with van der Waals surface area (Å²) in [5.74, 6) is -0.245. The monoisotopic (exact) mass is 291 g/mol. The van der Waals surface area contributed by atoms with E-state index >= 15 is 0 Å². The van der Waals surface area contributed by atoms with E-state index in [1.54, 1.807) is 12.1 Å². The standard InChI is InChI=1S/C17H19ClFN/c1-2-17(20,11-13-6-4-3-5-7-13)12-14-10-15(18)8-9-16(14)19/h3-10H,2,11-12,20H2,1H3. The number of benzene rings is 2. The lowest BCUT2D eigenvalue weighted by Crippen LogP contribution is -2.44. The number of rotatable bonds is 5. The van der Waals surface area contributed by atoms with Crippen LogP contribution >= 0.6 is 11.6 Å². The summed E-state index contributed by atoms with van der Waals surface area (Å²) in [6.45, 7) is 2.03. The molecule has 1 unspecified atom stereocenters. The zero-order chi connectivity index (χ0) is 14.6. The van der Waals surface area contributed by atoms with Crippen LogP contribution in [0.25, 0.3) is 0 Å². The average molecular weight is 292 g/mol. The van der Waals surface area contributed by atoms with Crippen LogP contribution in [-0.2, 0) is 12.8 Å². The zero-order valence-electron chi connectivity index (χ0n) is 11.6. The zero-order valence-corrected chi connectivity index (χ0v) is 12.3. The minimum Gasteiger partial charge on any atom is -0.325 e. The number of nitrogens with two attached hydrogens (primary N) is 1. The highest BCUT2D eigenvalue weighted by Crippen LogP contribution is 2.24. The Morgan fingerprint density at radius 1 is 1.10 bits per heavy atom. The molecular formula is C17H19ClFN. The summed E-state index contributed by atoms with van der Waals surface area (Å²) in [5, 5.41) is 0.541. The Hall–Kier alpha value is -1.38. The predicted molar refractivity (Wildman–Crippen MR) is 82.5 cm³/mol. The first kappa shape index (κ1) is 15.0. The van der Waals surface area contributed by atoms with Crippen LogP contribution in [0.4, 0.5) is 4.39 Å². The Morgan fingerprint density at radius 3 is 2.45 bits per heavy atom. The lowest BCUT2D eigenvalue weighted by Gasteiger charge is -2.29. The highest BCUT2D eigenvalue weighted by molar-refractivity contribution is 6.30. The van der Waals surface area contributed by atoms with Crippen LogP contribution in [0.3, 0.4) is 0 Å². The molecule has 0 spiro atoms. The smallest absolute Gasteiger partial charge is 0.126 e. The Labute approximate surface area is 124 Å². The second-order valence-corrected chi connectivity index (χ2v) is 5.73. The fourth-order valence-corrected chi connectivity index (χ4v) is 2.57. The molecule has 1 atom stereocenters. The highest BCUT2D eigenvalue weighted by atomic mass is 35.5. The molecule has 0 aliphatic carbocycles. The van der Waals surface area contributed by atoms with Crippen molar-refractivity contribution in [1.29, 1.82) is 0 Å². The number of halogens is 2. The molecule has 3 heteroatoms. The van der Waals surface area contributed by atoms with Gasteiger partial charge in [0.05, 0.1) is 0 Å². The summed E-state index contributed by atoms with van der Waals surface area (Å²) < 4.78 is 13.9. The van der Waals surface area contributed by atoms with E-state index in [9.17, 15) is 4.39 Å². The molecule has 0 bridgehead atoms. The van der Waals surface area contributed by atoms with Gasteiger partial charge in [-0.1, -0.05) is 48.9 Å². The van der Waals surface area contributed by atoms with Gasteiger partial charge in [-0.15, -0.1) is 0 Å². The molecule has 0 amide bonds. The largest absolute Gasteiger partial charge is 0.325 e. The minimum absolute atomic E-state index is 0.245. The van der Waals surface area contributed by atoms with Crippen molar-refractivity contribution >= 4 is 11.6 Å². The summed E-state index contributed by atoms with van der Waals surface area (Å²) in [6.07, 6.45) is 1.97. The van der Waals surface area contributed by atoms with E-state index in [4.69, 9.17) is 17.3 Å². The van der Waals surface area contributed by atoms with Crippen molar-refractivity contribution < 1.29 is 4.39 Å². The van der Waals surface area contributed by atoms with Crippen LogP contribution in [0.2, 0.25) is 5.02 Å². The first-order valence-corrected chi connectivity index (χ1v) is 7.17. The van der Waals surface area contributed by atoms with Crippen LogP contribution in [0, 0.1) is 5.82 Å². The van der Waals surface area contributed by atoms with Crippen molar-refractivity contribution in [3.05, 3.63) is 70.5 Å². The number of hydrogen-bond donors (Lipinski definition) is 1. The summed E-state index contributed by atoms with van der Waals surface area (Å²) >= 11 is 5.94. The van der Waals surface area contributed by atoms with E-state index in [2.05, 4.69) is 0 Å². The third-order valence-electron chi connectivity index (χ3n) is 3.65. The van der Waals surface area contributed by atoms with E-state index < -0.39 is 5.54 Å². The molecular weight excluding hydrogens is 273 g/mol. The van der Waals surface area contributed by atoms with Crippen molar-refractivity contribution in [3.63, 3.8) is 0 Å². The van der Waals surface area contributed by atoms with E-state index in [1.807, 2.05) is 37.3 Å². The van der Waals surface area contributed by atoms with Gasteiger partial charge in [0.15, 0.2) is 0 Å². The van der Waals surface area contributed by atoms with Gasteiger partial charge in [-0.2, -0.15) is 0 Å². The Morgan fingerprint density at radius 2 is 1.80 bits per heavy atom. The predicted octanol–water partition coefficient (Wildman–Crippen LogP) is 4.37. The maximum Gasteiger partial charge on any atom is 0.126 e. The molecule has 20 heavy (non-hydrogen) atoms. The van der Waals surface area contributed by atoms with Gasteiger partial charge in [-0.25, -0.2) is 4.39 Å². The van der Waals surface area contributed by atoms with Crippen molar-refractivity contribution in [3.8, 4) is 0 Å². The first-order valence-electron chi connectivity index (χ1n) is 6.79. The van der Waals surface area contributed by atoms with E-state index in [0.29, 0.717) is 17.0 Å². The van der Waals surface area contributed by atoms with Gasteiger partial charge < -0.3 is 5.73 Å². The molecule has 0 aromatic heterocycles. The quantitative estimate of drug-likeness (QED) is 0.869. The van der Waals surface area contributed by atoms with Gasteiger partial charge in [0.1, 0.15) is 5.82 Å². The molecule has 106 valence electrons. The number of hydrogen-bond acceptors (Lipinski definition) is 1. The van der Waals surface area contributed by atoms with Crippen molar-refractivity contribution in [1.82, 2.24) is 0 Å². The van der Waals surface area contributed by atoms with Crippen molar-refractivity contribution in [2.24, 2.45) is 5.73 Å². The lowest BCUT2D eigenvalue weighted by molar-refractivity contribution is 0.397. The van der Waals surface area contributed by atoms with Crippen molar-refractivity contribution in [2.75, 3.05) is 0 Å². The Balaban J connectivity index is 2.20. The second-order valence-electron chi connectivity index (χ2n) is 5.29. The lowest BCUT2D eigenvalue weighted by atomic mass is 9.83. The molecule has 2 N–H and O–H groups in total. The van der Waals surface area contributed by atoms with E-state index in [1.165, 1.54) is 11.6 Å². The van der Waals surface area contributed by atoms with Crippen molar-refractivity contribution in [2.45, 2.75) is 31.7 Å². The maximum atomic E-state index is 13.9. The summed E-state index contributed by atoms with van der Waals surface area (Å²) in [5.41, 5.74) is 7.75. The third-order valence-corrected chi connectivity index (χ3v) is 3.89. The van der Waals surface area contributed by atoms with Crippen LogP contribution in [0.1, 0.15) is 24.5 Å². The van der Waals surface area contributed by atoms with Gasteiger partial charge in [-0.05, 0) is 48.6 Å². The molecule has 2 aromatic carbocycles. The molecule has 0 fully saturated rings. The molecule has 0 radical (unpaired) electrons. The molecule has 0 aliphatic heterocycles. The fraction of sp³-hybridized carbons (Fsp3) is 0.294. The molecule has 0 heterocycles. The Kier molecular flexibility index (Phi) is 4.79. The summed E-state index contributed by atoms with van der Waals surface area (Å²) in [4.78, 5) is 0. The van der Waals surface area contributed by atoms with Crippen LogP contribution in [0.15, 0.2) is 48.5 Å². The van der Waals surface area contributed by atoms with Crippen LogP contribution in [0.5, 0.6) is 0 Å². The van der Waals surface area contributed by atoms with Crippen LogP contribution in [-0.4, -0.2) is 5.54 Å². The first-order chi connectivity index (χ1) is 9.52. The topological polar surface area (TPSA) is 26.0 Å². The summed E-state index contributed by atoms with van der Waals surface area (Å²) in [6, 6.07) is 14.7. The van der Waals surface area contributed by atoms with Gasteiger partial charge in [-0.3, -0.25) is 0 Å². The maximum absolute atomic E-state index is 13.9. The molecule has 0 saturated heterocycles. The molecule has 1 nitrogen and oxygen atoms in total. The Bertz CT molecular complexity index is 570. The van der Waals surface area contributed by atoms with Gasteiger partial charge in [0.25, 0.3) is 0 Å². The molecule has 2 aromatic rings. The molecule has 2 rings (SSSR count). The van der Waals surface area contributed by atoms with E-state index in [0.717, 1.165) is 12.8 Å². The molecule has 0 saturated carbocycles. The van der Waals surface area contributed by atoms with Crippen LogP contribution < -0.4 is 5.73 Å². The van der Waals surface area contributed by atoms with Gasteiger partial charge in [0.2, 0.25) is 0 Å². The minimum atomic E-state index is -0.465. The van der Waals surface area contributed by atoms with Gasteiger partial charge in [0, 0.05) is 10.6 Å². The molecule has 0 aliphatic rings. The fourth-order valence-electron chi connectivity index (χ4n) is 2.37. The van der Waals surface area contributed by atoms with Gasteiger partial charge >= 0.3 is 0 Å². The summed E-state index contributed by atoms with van der Waals surface area (Å²) in [7, 11) is 0. The second kappa shape index (κ2) is 6.38. The SMILES string of the molecule is CCC(N)(Cc1ccccc1)Cc1cc(Cl)ccc1F.